The number of nitrogens with zero attached hydrogens (tertiary/aromatic N) is 3. The molecule has 0 atom stereocenters. The van der Waals surface area contributed by atoms with Gasteiger partial charge in [0, 0.05) is 11.6 Å². The van der Waals surface area contributed by atoms with Crippen molar-refractivity contribution in [2.45, 2.75) is 6.42 Å². The van der Waals surface area contributed by atoms with Gasteiger partial charge < -0.3 is 11.5 Å². The molecular weight excluding hydrogens is 266 g/mol. The molecule has 6 nitrogen and oxygen atoms in total. The highest BCUT2D eigenvalue weighted by Gasteiger charge is 2.11. The summed E-state index contributed by atoms with van der Waals surface area (Å²) in [7, 11) is 0. The Morgan fingerprint density at radius 3 is 2.81 bits per heavy atom. The van der Waals surface area contributed by atoms with E-state index in [1.807, 2.05) is 24.3 Å². The van der Waals surface area contributed by atoms with E-state index in [1.165, 1.54) is 6.20 Å². The fraction of sp³-hybridized carbons (Fsp3) is 0.133. The average molecular weight is 281 g/mol. The number of fused-ring (bicyclic) bond motifs is 1. The lowest BCUT2D eigenvalue weighted by atomic mass is 10.1. The van der Waals surface area contributed by atoms with Crippen molar-refractivity contribution in [3.63, 3.8) is 0 Å². The van der Waals surface area contributed by atoms with Gasteiger partial charge in [0.2, 0.25) is 0 Å². The Morgan fingerprint density at radius 2 is 2.10 bits per heavy atom. The van der Waals surface area contributed by atoms with Gasteiger partial charge in [-0.3, -0.25) is 4.79 Å². The van der Waals surface area contributed by atoms with Crippen LogP contribution in [0.5, 0.6) is 0 Å². The van der Waals surface area contributed by atoms with Gasteiger partial charge in [-0.25, -0.2) is 9.67 Å². The predicted molar refractivity (Wildman–Crippen MR) is 80.1 cm³/mol. The van der Waals surface area contributed by atoms with Crippen LogP contribution in [0.15, 0.2) is 42.7 Å². The second kappa shape index (κ2) is 5.34. The smallest absolute Gasteiger partial charge is 0.251 e. The third-order valence-corrected chi connectivity index (χ3v) is 3.28. The minimum Gasteiger partial charge on any atom is -0.366 e. The van der Waals surface area contributed by atoms with Gasteiger partial charge in [-0.15, -0.1) is 0 Å². The molecule has 0 saturated heterocycles. The van der Waals surface area contributed by atoms with Crippen LogP contribution in [0.25, 0.3) is 16.7 Å². The first-order valence-electron chi connectivity index (χ1n) is 6.62. The van der Waals surface area contributed by atoms with Gasteiger partial charge in [0.05, 0.1) is 17.3 Å². The molecule has 0 bridgehead atoms. The van der Waals surface area contributed by atoms with Crippen molar-refractivity contribution in [1.82, 2.24) is 14.8 Å². The summed E-state index contributed by atoms with van der Waals surface area (Å²) in [6.45, 7) is 0.511. The standard InChI is InChI=1S/C15H15N5O/c16-6-5-11-7-10-3-1-2-4-13(10)19-15(11)20-9-12(8-18-20)14(17)21/h1-4,7-9H,5-6,16H2,(H2,17,21). The van der Waals surface area contributed by atoms with E-state index in [-0.39, 0.29) is 0 Å². The van der Waals surface area contributed by atoms with Crippen LogP contribution < -0.4 is 11.5 Å². The van der Waals surface area contributed by atoms with Crippen LogP contribution in [-0.4, -0.2) is 27.2 Å². The van der Waals surface area contributed by atoms with Gasteiger partial charge >= 0.3 is 0 Å². The Hall–Kier alpha value is -2.73. The van der Waals surface area contributed by atoms with Gasteiger partial charge in [-0.1, -0.05) is 18.2 Å². The van der Waals surface area contributed by atoms with Crippen molar-refractivity contribution >= 4 is 16.8 Å². The first-order valence-corrected chi connectivity index (χ1v) is 6.62. The van der Waals surface area contributed by atoms with Crippen LogP contribution in [-0.2, 0) is 6.42 Å². The van der Waals surface area contributed by atoms with Crippen molar-refractivity contribution in [3.8, 4) is 5.82 Å². The number of benzene rings is 1. The maximum atomic E-state index is 11.2. The van der Waals surface area contributed by atoms with Gasteiger partial charge in [0.25, 0.3) is 5.91 Å². The maximum Gasteiger partial charge on any atom is 0.251 e. The van der Waals surface area contributed by atoms with Crippen molar-refractivity contribution < 1.29 is 4.79 Å². The van der Waals surface area contributed by atoms with E-state index in [4.69, 9.17) is 11.5 Å². The molecule has 0 unspecified atom stereocenters. The van der Waals surface area contributed by atoms with Crippen LogP contribution in [0.2, 0.25) is 0 Å². The number of hydrogen-bond acceptors (Lipinski definition) is 4. The normalized spacial score (nSPS) is 10.9. The Kier molecular flexibility index (Phi) is 3.37. The molecule has 21 heavy (non-hydrogen) atoms. The molecule has 3 rings (SSSR count). The zero-order valence-electron chi connectivity index (χ0n) is 11.4. The molecule has 0 fully saturated rings. The molecule has 0 radical (unpaired) electrons. The fourth-order valence-corrected chi connectivity index (χ4v) is 2.25. The lowest BCUT2D eigenvalue weighted by Gasteiger charge is -2.09. The minimum atomic E-state index is -0.512. The molecule has 0 saturated carbocycles. The highest BCUT2D eigenvalue weighted by molar-refractivity contribution is 5.92. The summed E-state index contributed by atoms with van der Waals surface area (Å²) in [4.78, 5) is 15.8. The zero-order chi connectivity index (χ0) is 14.8. The summed E-state index contributed by atoms with van der Waals surface area (Å²) in [5, 5.41) is 5.22. The molecule has 0 spiro atoms. The van der Waals surface area contributed by atoms with E-state index in [1.54, 1.807) is 10.9 Å². The SMILES string of the molecule is NCCc1cc2ccccc2nc1-n1cc(C(N)=O)cn1. The number of nitrogens with two attached hydrogens (primary N) is 2. The summed E-state index contributed by atoms with van der Waals surface area (Å²) < 4.78 is 1.57. The molecule has 2 aromatic heterocycles. The monoisotopic (exact) mass is 281 g/mol. The topological polar surface area (TPSA) is 99.8 Å². The van der Waals surface area contributed by atoms with E-state index in [2.05, 4.69) is 16.1 Å². The van der Waals surface area contributed by atoms with E-state index in [9.17, 15) is 4.79 Å². The Balaban J connectivity index is 2.18. The average Bonchev–Trinajstić information content (AvgIpc) is 2.97. The van der Waals surface area contributed by atoms with Crippen LogP contribution in [0.4, 0.5) is 0 Å². The first-order chi connectivity index (χ1) is 10.2. The third kappa shape index (κ3) is 2.48. The summed E-state index contributed by atoms with van der Waals surface area (Å²) >= 11 is 0. The molecule has 0 aliphatic heterocycles. The van der Waals surface area contributed by atoms with Crippen molar-refractivity contribution in [3.05, 3.63) is 53.9 Å². The fourth-order valence-electron chi connectivity index (χ4n) is 2.25. The lowest BCUT2D eigenvalue weighted by molar-refractivity contribution is 0.100. The molecular formula is C15H15N5O. The molecule has 6 heteroatoms. The number of aromatic nitrogens is 3. The summed E-state index contributed by atoms with van der Waals surface area (Å²) in [6.07, 6.45) is 3.70. The van der Waals surface area contributed by atoms with Crippen LogP contribution in [0, 0.1) is 0 Å². The van der Waals surface area contributed by atoms with E-state index >= 15 is 0 Å². The van der Waals surface area contributed by atoms with Crippen LogP contribution in [0.1, 0.15) is 15.9 Å². The minimum absolute atomic E-state index is 0.351. The number of carbonyl (C=O) groups is 1. The molecule has 2 heterocycles. The molecule has 3 aromatic rings. The van der Waals surface area contributed by atoms with Crippen molar-refractivity contribution in [1.29, 1.82) is 0 Å². The van der Waals surface area contributed by atoms with E-state index in [0.29, 0.717) is 24.3 Å². The Bertz CT molecular complexity index is 809. The number of rotatable bonds is 4. The Morgan fingerprint density at radius 1 is 1.29 bits per heavy atom. The van der Waals surface area contributed by atoms with Crippen LogP contribution in [0.3, 0.4) is 0 Å². The second-order valence-electron chi connectivity index (χ2n) is 4.74. The molecule has 0 aliphatic carbocycles. The third-order valence-electron chi connectivity index (χ3n) is 3.28. The number of hydrogen-bond donors (Lipinski definition) is 2. The summed E-state index contributed by atoms with van der Waals surface area (Å²) in [6, 6.07) is 9.89. The van der Waals surface area contributed by atoms with Gasteiger partial charge in [-0.2, -0.15) is 5.10 Å². The second-order valence-corrected chi connectivity index (χ2v) is 4.74. The van der Waals surface area contributed by atoms with Gasteiger partial charge in [0.1, 0.15) is 0 Å². The van der Waals surface area contributed by atoms with Gasteiger partial charge in [-0.05, 0) is 30.7 Å². The van der Waals surface area contributed by atoms with Crippen molar-refractivity contribution in [2.75, 3.05) is 6.54 Å². The highest BCUT2D eigenvalue weighted by Crippen LogP contribution is 2.20. The predicted octanol–water partition coefficient (Wildman–Crippen LogP) is 1.02. The number of amides is 1. The van der Waals surface area contributed by atoms with Gasteiger partial charge in [0.15, 0.2) is 5.82 Å². The number of pyridine rings is 1. The van der Waals surface area contributed by atoms with Crippen LogP contribution >= 0.6 is 0 Å². The summed E-state index contributed by atoms with van der Waals surface area (Å²) in [5.74, 6) is 0.161. The molecule has 106 valence electrons. The number of carbonyl (C=O) groups excluding carboxylic acids is 1. The highest BCUT2D eigenvalue weighted by atomic mass is 16.1. The molecule has 4 N–H and O–H groups in total. The van der Waals surface area contributed by atoms with Crippen molar-refractivity contribution in [2.24, 2.45) is 11.5 Å². The first kappa shape index (κ1) is 13.3. The largest absolute Gasteiger partial charge is 0.366 e. The Labute approximate surface area is 121 Å². The number of primary amides is 1. The van der Waals surface area contributed by atoms with E-state index < -0.39 is 5.91 Å². The zero-order valence-corrected chi connectivity index (χ0v) is 11.4. The lowest BCUT2D eigenvalue weighted by Crippen LogP contribution is -2.11. The molecule has 1 amide bonds. The molecule has 1 aromatic carbocycles. The summed E-state index contributed by atoms with van der Waals surface area (Å²) in [5.41, 5.74) is 13.1. The quantitative estimate of drug-likeness (QED) is 0.745. The maximum absolute atomic E-state index is 11.2. The van der Waals surface area contributed by atoms with E-state index in [0.717, 1.165) is 16.5 Å². The molecule has 0 aliphatic rings. The number of para-hydroxylation sites is 1.